The number of benzene rings is 1. The molecule has 90 valence electrons. The molecule has 0 amide bonds. The van der Waals surface area contributed by atoms with Crippen LogP contribution in [0, 0.1) is 11.3 Å². The van der Waals surface area contributed by atoms with E-state index in [4.69, 9.17) is 0 Å². The number of hydrogen-bond acceptors (Lipinski definition) is 3. The lowest BCUT2D eigenvalue weighted by Crippen LogP contribution is -2.28. The first-order valence-electron chi connectivity index (χ1n) is 6.24. The third-order valence-corrected chi connectivity index (χ3v) is 3.34. The van der Waals surface area contributed by atoms with Crippen LogP contribution in [0.15, 0.2) is 24.3 Å². The lowest BCUT2D eigenvalue weighted by atomic mass is 10.1. The summed E-state index contributed by atoms with van der Waals surface area (Å²) in [6, 6.07) is 9.19. The van der Waals surface area contributed by atoms with Crippen molar-refractivity contribution in [2.24, 2.45) is 0 Å². The minimum atomic E-state index is -0.173. The molecule has 1 fully saturated rings. The van der Waals surface area contributed by atoms with Crippen molar-refractivity contribution in [2.45, 2.75) is 31.7 Å². The van der Waals surface area contributed by atoms with Crippen LogP contribution in [0.25, 0.3) is 0 Å². The summed E-state index contributed by atoms with van der Waals surface area (Å²) in [7, 11) is 0. The molecule has 0 aliphatic carbocycles. The zero-order valence-electron chi connectivity index (χ0n) is 9.97. The van der Waals surface area contributed by atoms with Crippen LogP contribution in [0.5, 0.6) is 5.75 Å². The van der Waals surface area contributed by atoms with E-state index in [2.05, 4.69) is 11.0 Å². The van der Waals surface area contributed by atoms with Gasteiger partial charge in [0.05, 0.1) is 6.07 Å². The summed E-state index contributed by atoms with van der Waals surface area (Å²) in [6.45, 7) is 2.00. The molecule has 1 atom stereocenters. The SMILES string of the molecule is N#CC(c1ccc(O)cc1)N1CCCCCC1. The number of rotatable bonds is 2. The lowest BCUT2D eigenvalue weighted by Gasteiger charge is -2.25. The zero-order valence-corrected chi connectivity index (χ0v) is 9.97. The van der Waals surface area contributed by atoms with Gasteiger partial charge in [-0.1, -0.05) is 25.0 Å². The monoisotopic (exact) mass is 230 g/mol. The van der Waals surface area contributed by atoms with Gasteiger partial charge in [-0.15, -0.1) is 0 Å². The molecule has 1 aromatic rings. The highest BCUT2D eigenvalue weighted by Crippen LogP contribution is 2.24. The van der Waals surface area contributed by atoms with Gasteiger partial charge in [-0.05, 0) is 43.6 Å². The maximum absolute atomic E-state index is 9.34. The van der Waals surface area contributed by atoms with Gasteiger partial charge in [-0.25, -0.2) is 0 Å². The molecule has 3 heteroatoms. The van der Waals surface area contributed by atoms with Crippen molar-refractivity contribution in [1.82, 2.24) is 4.90 Å². The normalized spacial score (nSPS) is 19.2. The van der Waals surface area contributed by atoms with E-state index < -0.39 is 0 Å². The molecule has 0 bridgehead atoms. The van der Waals surface area contributed by atoms with Gasteiger partial charge in [0.15, 0.2) is 0 Å². The highest BCUT2D eigenvalue weighted by Gasteiger charge is 2.20. The number of phenols is 1. The van der Waals surface area contributed by atoms with Crippen molar-refractivity contribution in [3.05, 3.63) is 29.8 Å². The Balaban J connectivity index is 2.15. The van der Waals surface area contributed by atoms with Gasteiger partial charge < -0.3 is 5.11 Å². The second-order valence-electron chi connectivity index (χ2n) is 4.57. The van der Waals surface area contributed by atoms with Crippen LogP contribution in [0.3, 0.4) is 0 Å². The van der Waals surface area contributed by atoms with Gasteiger partial charge in [0.2, 0.25) is 0 Å². The molecule has 0 saturated carbocycles. The minimum Gasteiger partial charge on any atom is -0.508 e. The number of likely N-dealkylation sites (tertiary alicyclic amines) is 1. The van der Waals surface area contributed by atoms with Crippen molar-refractivity contribution in [3.8, 4) is 11.8 Å². The van der Waals surface area contributed by atoms with E-state index in [9.17, 15) is 10.4 Å². The van der Waals surface area contributed by atoms with Gasteiger partial charge in [0, 0.05) is 0 Å². The van der Waals surface area contributed by atoms with Crippen LogP contribution in [0.4, 0.5) is 0 Å². The molecule has 0 aromatic heterocycles. The standard InChI is InChI=1S/C14H18N2O/c15-11-14(12-5-7-13(17)8-6-12)16-9-3-1-2-4-10-16/h5-8,14,17H,1-4,9-10H2. The summed E-state index contributed by atoms with van der Waals surface area (Å²) in [5, 5.41) is 18.6. The molecule has 1 N–H and O–H groups in total. The average Bonchev–Trinajstić information content (AvgIpc) is 2.62. The van der Waals surface area contributed by atoms with E-state index in [1.165, 1.54) is 25.7 Å². The molecule has 0 radical (unpaired) electrons. The number of hydrogen-bond donors (Lipinski definition) is 1. The molecule has 17 heavy (non-hydrogen) atoms. The minimum absolute atomic E-state index is 0.173. The van der Waals surface area contributed by atoms with Crippen molar-refractivity contribution in [3.63, 3.8) is 0 Å². The Labute approximate surface area is 102 Å². The summed E-state index contributed by atoms with van der Waals surface area (Å²) in [4.78, 5) is 2.25. The Kier molecular flexibility index (Phi) is 4.00. The zero-order chi connectivity index (χ0) is 12.1. The molecule has 0 spiro atoms. The first kappa shape index (κ1) is 11.9. The van der Waals surface area contributed by atoms with Gasteiger partial charge in [-0.2, -0.15) is 5.26 Å². The van der Waals surface area contributed by atoms with E-state index in [0.717, 1.165) is 18.7 Å². The quantitative estimate of drug-likeness (QED) is 0.849. The topological polar surface area (TPSA) is 47.3 Å². The Hall–Kier alpha value is -1.53. The molecule has 2 rings (SSSR count). The van der Waals surface area contributed by atoms with Crippen molar-refractivity contribution in [2.75, 3.05) is 13.1 Å². The number of aromatic hydroxyl groups is 1. The van der Waals surface area contributed by atoms with Crippen LogP contribution < -0.4 is 0 Å². The fraction of sp³-hybridized carbons (Fsp3) is 0.500. The third-order valence-electron chi connectivity index (χ3n) is 3.34. The molecular formula is C14H18N2O. The van der Waals surface area contributed by atoms with Crippen LogP contribution in [0.2, 0.25) is 0 Å². The van der Waals surface area contributed by atoms with Gasteiger partial charge in [0.1, 0.15) is 11.8 Å². The molecular weight excluding hydrogens is 212 g/mol. The molecule has 1 saturated heterocycles. The van der Waals surface area contributed by atoms with Gasteiger partial charge in [-0.3, -0.25) is 4.90 Å². The predicted molar refractivity (Wildman–Crippen MR) is 66.5 cm³/mol. The van der Waals surface area contributed by atoms with Gasteiger partial charge >= 0.3 is 0 Å². The summed E-state index contributed by atoms with van der Waals surface area (Å²) >= 11 is 0. The largest absolute Gasteiger partial charge is 0.508 e. The molecule has 1 aliphatic heterocycles. The van der Waals surface area contributed by atoms with Crippen LogP contribution in [0.1, 0.15) is 37.3 Å². The Morgan fingerprint density at radius 3 is 2.18 bits per heavy atom. The van der Waals surface area contributed by atoms with E-state index in [0.29, 0.717) is 0 Å². The average molecular weight is 230 g/mol. The second-order valence-corrected chi connectivity index (χ2v) is 4.57. The molecule has 1 heterocycles. The van der Waals surface area contributed by atoms with Crippen molar-refractivity contribution >= 4 is 0 Å². The first-order chi connectivity index (χ1) is 8.31. The van der Waals surface area contributed by atoms with Crippen molar-refractivity contribution < 1.29 is 5.11 Å². The second kappa shape index (κ2) is 5.70. The lowest BCUT2D eigenvalue weighted by molar-refractivity contribution is 0.245. The highest BCUT2D eigenvalue weighted by atomic mass is 16.3. The Morgan fingerprint density at radius 1 is 1.06 bits per heavy atom. The van der Waals surface area contributed by atoms with E-state index in [1.807, 2.05) is 12.1 Å². The summed E-state index contributed by atoms with van der Waals surface area (Å²) in [5.74, 6) is 0.251. The van der Waals surface area contributed by atoms with Crippen LogP contribution >= 0.6 is 0 Å². The fourth-order valence-electron chi connectivity index (χ4n) is 2.38. The summed E-state index contributed by atoms with van der Waals surface area (Å²) in [5.41, 5.74) is 0.979. The highest BCUT2D eigenvalue weighted by molar-refractivity contribution is 5.30. The molecule has 3 nitrogen and oxygen atoms in total. The first-order valence-corrected chi connectivity index (χ1v) is 6.24. The smallest absolute Gasteiger partial charge is 0.123 e. The summed E-state index contributed by atoms with van der Waals surface area (Å²) < 4.78 is 0. The molecule has 1 unspecified atom stereocenters. The van der Waals surface area contributed by atoms with E-state index >= 15 is 0 Å². The predicted octanol–water partition coefficient (Wildman–Crippen LogP) is 2.83. The van der Waals surface area contributed by atoms with E-state index in [1.54, 1.807) is 12.1 Å². The fourth-order valence-corrected chi connectivity index (χ4v) is 2.38. The number of nitrogens with zero attached hydrogens (tertiary/aromatic N) is 2. The van der Waals surface area contributed by atoms with Gasteiger partial charge in [0.25, 0.3) is 0 Å². The van der Waals surface area contributed by atoms with Crippen molar-refractivity contribution in [1.29, 1.82) is 5.26 Å². The maximum atomic E-state index is 9.34. The third kappa shape index (κ3) is 2.98. The van der Waals surface area contributed by atoms with Crippen LogP contribution in [-0.4, -0.2) is 23.1 Å². The Bertz CT molecular complexity index is 386. The summed E-state index contributed by atoms with van der Waals surface area (Å²) in [6.07, 6.45) is 4.89. The van der Waals surface area contributed by atoms with Crippen LogP contribution in [-0.2, 0) is 0 Å². The number of nitriles is 1. The maximum Gasteiger partial charge on any atom is 0.123 e. The molecule has 1 aromatic carbocycles. The Morgan fingerprint density at radius 2 is 1.65 bits per heavy atom. The van der Waals surface area contributed by atoms with E-state index in [-0.39, 0.29) is 11.8 Å². The number of phenolic OH excluding ortho intramolecular Hbond substituents is 1. The molecule has 1 aliphatic rings.